The van der Waals surface area contributed by atoms with Crippen LogP contribution >= 0.6 is 23.4 Å². The predicted molar refractivity (Wildman–Crippen MR) is 142 cm³/mol. The van der Waals surface area contributed by atoms with Crippen LogP contribution in [0, 0.1) is 0 Å². The number of para-hydroxylation sites is 1. The van der Waals surface area contributed by atoms with Crippen molar-refractivity contribution in [3.63, 3.8) is 0 Å². The van der Waals surface area contributed by atoms with E-state index in [9.17, 15) is 4.79 Å². The molecule has 1 amide bonds. The maximum atomic E-state index is 12.5. The molecule has 4 aromatic rings. The number of thioether (sulfide) groups is 1. The monoisotopic (exact) mass is 521 g/mol. The van der Waals surface area contributed by atoms with Gasteiger partial charge in [-0.1, -0.05) is 41.6 Å². The highest BCUT2D eigenvalue weighted by molar-refractivity contribution is 7.99. The molecule has 0 saturated heterocycles. The van der Waals surface area contributed by atoms with Crippen LogP contribution in [-0.2, 0) is 4.79 Å². The molecule has 0 radical (unpaired) electrons. The van der Waals surface area contributed by atoms with Crippen LogP contribution in [0.25, 0.3) is 17.1 Å². The first-order chi connectivity index (χ1) is 17.6. The van der Waals surface area contributed by atoms with Crippen LogP contribution in [0.5, 0.6) is 11.5 Å². The molecule has 0 aliphatic rings. The zero-order chi connectivity index (χ0) is 25.3. The lowest BCUT2D eigenvalue weighted by Crippen LogP contribution is -2.20. The van der Waals surface area contributed by atoms with E-state index < -0.39 is 0 Å². The number of benzene rings is 3. The first kappa shape index (κ1) is 25.3. The summed E-state index contributed by atoms with van der Waals surface area (Å²) in [5, 5.41) is 14.0. The van der Waals surface area contributed by atoms with Crippen molar-refractivity contribution in [2.45, 2.75) is 12.1 Å². The second-order valence-electron chi connectivity index (χ2n) is 7.41. The van der Waals surface area contributed by atoms with Gasteiger partial charge in [0.15, 0.2) is 22.5 Å². The molecule has 0 aliphatic carbocycles. The molecule has 4 rings (SSSR count). The molecule has 1 heterocycles. The fourth-order valence-corrected chi connectivity index (χ4v) is 4.21. The Hall–Kier alpha value is -3.82. The highest BCUT2D eigenvalue weighted by atomic mass is 35.5. The smallest absolute Gasteiger partial charge is 0.250 e. The fraction of sp³-hybridized carbons (Fsp3) is 0.154. The number of carbonyl (C=O) groups is 1. The second-order valence-corrected chi connectivity index (χ2v) is 8.79. The highest BCUT2D eigenvalue weighted by Crippen LogP contribution is 2.29. The second kappa shape index (κ2) is 12.2. The third kappa shape index (κ3) is 6.24. The molecule has 184 valence electrons. The van der Waals surface area contributed by atoms with Crippen LogP contribution in [0.3, 0.4) is 0 Å². The number of nitrogens with one attached hydrogen (secondary N) is 1. The van der Waals surface area contributed by atoms with Gasteiger partial charge in [-0.3, -0.25) is 9.36 Å². The average Bonchev–Trinajstić information content (AvgIpc) is 3.33. The molecule has 1 aromatic heterocycles. The van der Waals surface area contributed by atoms with Gasteiger partial charge in [-0.2, -0.15) is 5.10 Å². The topological polar surface area (TPSA) is 90.6 Å². The van der Waals surface area contributed by atoms with Crippen LogP contribution < -0.4 is 14.9 Å². The predicted octanol–water partition coefficient (Wildman–Crippen LogP) is 5.24. The summed E-state index contributed by atoms with van der Waals surface area (Å²) < 4.78 is 12.8. The van der Waals surface area contributed by atoms with Gasteiger partial charge in [-0.25, -0.2) is 5.43 Å². The molecular formula is C26H24ClN5O3S. The number of ether oxygens (including phenoxy) is 2. The van der Waals surface area contributed by atoms with Crippen LogP contribution in [0.1, 0.15) is 12.5 Å². The Bertz CT molecular complexity index is 1340. The van der Waals surface area contributed by atoms with Gasteiger partial charge in [0.05, 0.1) is 25.7 Å². The van der Waals surface area contributed by atoms with Gasteiger partial charge in [-0.15, -0.1) is 10.2 Å². The van der Waals surface area contributed by atoms with E-state index in [1.165, 1.54) is 11.8 Å². The third-order valence-electron chi connectivity index (χ3n) is 4.97. The molecule has 0 bridgehead atoms. The summed E-state index contributed by atoms with van der Waals surface area (Å²) in [7, 11) is 1.57. The number of methoxy groups -OCH3 is 1. The number of nitrogens with zero attached hydrogens (tertiary/aromatic N) is 4. The number of carbonyl (C=O) groups excluding carboxylic acids is 1. The van der Waals surface area contributed by atoms with E-state index in [-0.39, 0.29) is 11.7 Å². The maximum Gasteiger partial charge on any atom is 0.250 e. The first-order valence-electron chi connectivity index (χ1n) is 11.1. The standard InChI is InChI=1S/C26H24ClN5O3S/c1-3-35-22-14-9-18(15-23(22)34-2)16-28-29-24(33)17-36-26-31-30-25(19-10-12-20(27)13-11-19)32(26)21-7-5-4-6-8-21/h4-16H,3,17H2,1-2H3,(H,29,33)/b28-16-. The Morgan fingerprint density at radius 3 is 2.58 bits per heavy atom. The van der Waals surface area contributed by atoms with Gasteiger partial charge in [-0.05, 0) is 67.1 Å². The van der Waals surface area contributed by atoms with E-state index in [4.69, 9.17) is 21.1 Å². The molecule has 0 atom stereocenters. The summed E-state index contributed by atoms with van der Waals surface area (Å²) in [6.07, 6.45) is 1.55. The van der Waals surface area contributed by atoms with Gasteiger partial charge in [0, 0.05) is 16.3 Å². The van der Waals surface area contributed by atoms with Crippen LogP contribution in [0.15, 0.2) is 83.1 Å². The zero-order valence-corrected chi connectivity index (χ0v) is 21.3. The van der Waals surface area contributed by atoms with E-state index in [0.29, 0.717) is 34.1 Å². The summed E-state index contributed by atoms with van der Waals surface area (Å²) in [5.41, 5.74) is 5.06. The largest absolute Gasteiger partial charge is 0.493 e. The normalized spacial score (nSPS) is 11.0. The van der Waals surface area contributed by atoms with Gasteiger partial charge < -0.3 is 9.47 Å². The molecule has 0 spiro atoms. The molecule has 0 unspecified atom stereocenters. The van der Waals surface area contributed by atoms with E-state index in [0.717, 1.165) is 16.8 Å². The third-order valence-corrected chi connectivity index (χ3v) is 6.15. The van der Waals surface area contributed by atoms with Crippen molar-refractivity contribution in [2.24, 2.45) is 5.10 Å². The van der Waals surface area contributed by atoms with Gasteiger partial charge in [0.25, 0.3) is 5.91 Å². The first-order valence-corrected chi connectivity index (χ1v) is 12.5. The number of rotatable bonds is 10. The maximum absolute atomic E-state index is 12.5. The molecule has 0 fully saturated rings. The lowest BCUT2D eigenvalue weighted by atomic mass is 10.2. The van der Waals surface area contributed by atoms with Gasteiger partial charge >= 0.3 is 0 Å². The molecular weight excluding hydrogens is 498 g/mol. The molecule has 3 aromatic carbocycles. The Labute approximate surface area is 218 Å². The van der Waals surface area contributed by atoms with Crippen molar-refractivity contribution in [3.8, 4) is 28.6 Å². The number of hydrazone groups is 1. The van der Waals surface area contributed by atoms with Crippen molar-refractivity contribution in [1.29, 1.82) is 0 Å². The summed E-state index contributed by atoms with van der Waals surface area (Å²) in [6.45, 7) is 2.44. The Morgan fingerprint density at radius 2 is 1.86 bits per heavy atom. The van der Waals surface area contributed by atoms with Crippen LogP contribution in [0.4, 0.5) is 0 Å². The summed E-state index contributed by atoms with van der Waals surface area (Å²) >= 11 is 7.32. The zero-order valence-electron chi connectivity index (χ0n) is 19.7. The number of amides is 1. The van der Waals surface area contributed by atoms with Crippen molar-refractivity contribution in [3.05, 3.63) is 83.4 Å². The summed E-state index contributed by atoms with van der Waals surface area (Å²) in [5.74, 6) is 1.74. The van der Waals surface area contributed by atoms with Crippen molar-refractivity contribution < 1.29 is 14.3 Å². The lowest BCUT2D eigenvalue weighted by Gasteiger charge is -2.10. The van der Waals surface area contributed by atoms with Crippen LogP contribution in [-0.4, -0.2) is 46.4 Å². The SMILES string of the molecule is CCOc1ccc(/C=N\NC(=O)CSc2nnc(-c3ccc(Cl)cc3)n2-c2ccccc2)cc1OC. The fourth-order valence-electron chi connectivity index (χ4n) is 3.34. The molecule has 36 heavy (non-hydrogen) atoms. The average molecular weight is 522 g/mol. The number of hydrogen-bond acceptors (Lipinski definition) is 7. The van der Waals surface area contributed by atoms with E-state index in [1.807, 2.05) is 60.0 Å². The highest BCUT2D eigenvalue weighted by Gasteiger charge is 2.17. The minimum Gasteiger partial charge on any atom is -0.493 e. The van der Waals surface area contributed by atoms with Crippen molar-refractivity contribution in [2.75, 3.05) is 19.5 Å². The Kier molecular flexibility index (Phi) is 8.59. The van der Waals surface area contributed by atoms with E-state index in [2.05, 4.69) is 20.7 Å². The molecule has 10 heteroatoms. The minimum absolute atomic E-state index is 0.107. The Balaban J connectivity index is 1.45. The quantitative estimate of drug-likeness (QED) is 0.174. The van der Waals surface area contributed by atoms with Gasteiger partial charge in [0.1, 0.15) is 0 Å². The molecule has 0 aliphatic heterocycles. The van der Waals surface area contributed by atoms with E-state index >= 15 is 0 Å². The van der Waals surface area contributed by atoms with Crippen LogP contribution in [0.2, 0.25) is 5.02 Å². The Morgan fingerprint density at radius 1 is 1.08 bits per heavy atom. The number of hydrogen-bond donors (Lipinski definition) is 1. The van der Waals surface area contributed by atoms with E-state index in [1.54, 1.807) is 37.6 Å². The molecule has 0 saturated carbocycles. The van der Waals surface area contributed by atoms with Gasteiger partial charge in [0.2, 0.25) is 0 Å². The number of halogens is 1. The lowest BCUT2D eigenvalue weighted by molar-refractivity contribution is -0.118. The number of aromatic nitrogens is 3. The van der Waals surface area contributed by atoms with Crippen molar-refractivity contribution in [1.82, 2.24) is 20.2 Å². The summed E-state index contributed by atoms with van der Waals surface area (Å²) in [4.78, 5) is 12.5. The molecule has 8 nitrogen and oxygen atoms in total. The van der Waals surface area contributed by atoms with Crippen molar-refractivity contribution >= 4 is 35.5 Å². The minimum atomic E-state index is -0.273. The summed E-state index contributed by atoms with van der Waals surface area (Å²) in [6, 6.07) is 22.5. The molecule has 1 N–H and O–H groups in total.